The van der Waals surface area contributed by atoms with Crippen molar-refractivity contribution in [3.63, 3.8) is 0 Å². The molecule has 0 spiro atoms. The van der Waals surface area contributed by atoms with Crippen LogP contribution in [0.25, 0.3) is 6.08 Å². The Morgan fingerprint density at radius 1 is 1.10 bits per heavy atom. The van der Waals surface area contributed by atoms with Crippen molar-refractivity contribution in [3.05, 3.63) is 64.7 Å². The van der Waals surface area contributed by atoms with Crippen molar-refractivity contribution in [2.75, 3.05) is 40.5 Å². The van der Waals surface area contributed by atoms with Crippen LogP contribution in [-0.4, -0.2) is 56.3 Å². The molecule has 154 valence electrons. The van der Waals surface area contributed by atoms with Crippen LogP contribution in [0.2, 0.25) is 0 Å². The summed E-state index contributed by atoms with van der Waals surface area (Å²) < 4.78 is 30.1. The first-order valence-corrected chi connectivity index (χ1v) is 9.29. The Bertz CT molecular complexity index is 904. The average Bonchev–Trinajstić information content (AvgIpc) is 3.03. The Hall–Kier alpha value is -2.74. The monoisotopic (exact) mass is 401 g/mol. The van der Waals surface area contributed by atoms with Gasteiger partial charge in [-0.05, 0) is 24.3 Å². The first-order chi connectivity index (χ1) is 14.0. The fourth-order valence-corrected chi connectivity index (χ4v) is 3.12. The van der Waals surface area contributed by atoms with Crippen LogP contribution in [0.15, 0.2) is 42.2 Å². The first kappa shape index (κ1) is 21.0. The maximum absolute atomic E-state index is 14.0. The number of phenols is 1. The van der Waals surface area contributed by atoms with Gasteiger partial charge >= 0.3 is 0 Å². The highest BCUT2D eigenvalue weighted by molar-refractivity contribution is 6.15. The topological polar surface area (TPSA) is 68.2 Å². The van der Waals surface area contributed by atoms with E-state index >= 15 is 0 Å². The van der Waals surface area contributed by atoms with E-state index in [1.54, 1.807) is 32.4 Å². The van der Waals surface area contributed by atoms with Crippen molar-refractivity contribution in [2.24, 2.45) is 0 Å². The van der Waals surface area contributed by atoms with Gasteiger partial charge in [0.2, 0.25) is 5.78 Å². The van der Waals surface area contributed by atoms with Crippen LogP contribution in [0.5, 0.6) is 11.5 Å². The number of phenolic OH excluding ortho intramolecular Hbond substituents is 1. The van der Waals surface area contributed by atoms with E-state index in [0.717, 1.165) is 0 Å². The van der Waals surface area contributed by atoms with Gasteiger partial charge in [0.1, 0.15) is 17.3 Å². The molecule has 29 heavy (non-hydrogen) atoms. The van der Waals surface area contributed by atoms with Crippen molar-refractivity contribution < 1.29 is 28.5 Å². The lowest BCUT2D eigenvalue weighted by Gasteiger charge is -2.23. The van der Waals surface area contributed by atoms with Crippen LogP contribution < -0.4 is 4.74 Å². The number of halogens is 1. The van der Waals surface area contributed by atoms with Gasteiger partial charge in [0.15, 0.2) is 5.76 Å². The number of ketones is 1. The average molecular weight is 401 g/mol. The van der Waals surface area contributed by atoms with E-state index < -0.39 is 5.82 Å². The molecule has 0 aliphatic carbocycles. The van der Waals surface area contributed by atoms with Gasteiger partial charge in [-0.1, -0.05) is 18.2 Å². The summed E-state index contributed by atoms with van der Waals surface area (Å²) in [4.78, 5) is 14.8. The molecule has 1 aliphatic heterocycles. The summed E-state index contributed by atoms with van der Waals surface area (Å²) in [7, 11) is 3.24. The van der Waals surface area contributed by atoms with E-state index in [2.05, 4.69) is 0 Å². The molecular formula is C22H24FNO5. The fourth-order valence-electron chi connectivity index (χ4n) is 3.12. The van der Waals surface area contributed by atoms with E-state index in [1.807, 2.05) is 4.90 Å². The minimum Gasteiger partial charge on any atom is -0.507 e. The van der Waals surface area contributed by atoms with Gasteiger partial charge in [0.05, 0.1) is 24.3 Å². The standard InChI is InChI=1S/C22H24FNO5/c1-27-11-9-24(10-12-28-2)14-17-19(25)8-7-16-21(26)20(29-22(16)17)13-15-5-3-4-6-18(15)23/h3-8,13,25H,9-12,14H2,1-2H3/b20-13+. The van der Waals surface area contributed by atoms with E-state index in [9.17, 15) is 14.3 Å². The second kappa shape index (κ2) is 9.65. The Morgan fingerprint density at radius 2 is 1.79 bits per heavy atom. The molecule has 2 aromatic carbocycles. The number of ether oxygens (including phenoxy) is 3. The van der Waals surface area contributed by atoms with Crippen LogP contribution in [0.4, 0.5) is 4.39 Å². The molecule has 3 rings (SSSR count). The van der Waals surface area contributed by atoms with E-state index in [0.29, 0.717) is 49.7 Å². The number of carbonyl (C=O) groups excluding carboxylic acids is 1. The summed E-state index contributed by atoms with van der Waals surface area (Å²) in [5.74, 6) is -0.427. The van der Waals surface area contributed by atoms with Gasteiger partial charge in [-0.3, -0.25) is 9.69 Å². The number of carbonyl (C=O) groups is 1. The molecule has 6 nitrogen and oxygen atoms in total. The van der Waals surface area contributed by atoms with Gasteiger partial charge in [0, 0.05) is 39.4 Å². The maximum Gasteiger partial charge on any atom is 0.231 e. The Morgan fingerprint density at radius 3 is 2.45 bits per heavy atom. The zero-order valence-corrected chi connectivity index (χ0v) is 16.5. The maximum atomic E-state index is 14.0. The van der Waals surface area contributed by atoms with E-state index in [-0.39, 0.29) is 22.9 Å². The minimum atomic E-state index is -0.444. The largest absolute Gasteiger partial charge is 0.507 e. The molecule has 0 aromatic heterocycles. The van der Waals surface area contributed by atoms with Crippen LogP contribution in [0.3, 0.4) is 0 Å². The van der Waals surface area contributed by atoms with Crippen molar-refractivity contribution in [3.8, 4) is 11.5 Å². The number of rotatable bonds is 9. The molecule has 0 unspecified atom stereocenters. The molecule has 0 radical (unpaired) electrons. The number of nitrogens with zero attached hydrogens (tertiary/aromatic N) is 1. The summed E-state index contributed by atoms with van der Waals surface area (Å²) in [6.45, 7) is 2.61. The number of benzene rings is 2. The van der Waals surface area contributed by atoms with Crippen LogP contribution in [0.1, 0.15) is 21.5 Å². The lowest BCUT2D eigenvalue weighted by atomic mass is 10.0. The molecule has 1 N–H and O–H groups in total. The Kier molecular flexibility index (Phi) is 6.98. The molecule has 0 atom stereocenters. The van der Waals surface area contributed by atoms with Gasteiger partial charge in [-0.15, -0.1) is 0 Å². The number of Topliss-reactive ketones (excluding diaryl/α,β-unsaturated/α-hetero) is 1. The predicted molar refractivity (Wildman–Crippen MR) is 106 cm³/mol. The van der Waals surface area contributed by atoms with Gasteiger partial charge in [0.25, 0.3) is 0 Å². The highest BCUT2D eigenvalue weighted by Gasteiger charge is 2.31. The molecule has 0 amide bonds. The Balaban J connectivity index is 1.90. The third-order valence-corrected chi connectivity index (χ3v) is 4.71. The van der Waals surface area contributed by atoms with Crippen molar-refractivity contribution in [1.82, 2.24) is 4.90 Å². The smallest absolute Gasteiger partial charge is 0.231 e. The third-order valence-electron chi connectivity index (χ3n) is 4.71. The van der Waals surface area contributed by atoms with Crippen LogP contribution in [-0.2, 0) is 16.0 Å². The molecule has 1 heterocycles. The molecule has 0 bridgehead atoms. The number of methoxy groups -OCH3 is 2. The number of aromatic hydroxyl groups is 1. The highest BCUT2D eigenvalue weighted by atomic mass is 19.1. The summed E-state index contributed by atoms with van der Waals surface area (Å²) in [6.07, 6.45) is 1.38. The quantitative estimate of drug-likeness (QED) is 0.651. The summed E-state index contributed by atoms with van der Waals surface area (Å²) in [5.41, 5.74) is 1.11. The normalized spacial score (nSPS) is 14.5. The zero-order chi connectivity index (χ0) is 20.8. The summed E-state index contributed by atoms with van der Waals surface area (Å²) >= 11 is 0. The molecule has 0 fully saturated rings. The number of fused-ring (bicyclic) bond motifs is 1. The number of allylic oxidation sites excluding steroid dienone is 1. The fraction of sp³-hybridized carbons (Fsp3) is 0.318. The molecule has 1 aliphatic rings. The lowest BCUT2D eigenvalue weighted by molar-refractivity contribution is 0.101. The molecular weight excluding hydrogens is 377 g/mol. The van der Waals surface area contributed by atoms with Crippen molar-refractivity contribution >= 4 is 11.9 Å². The van der Waals surface area contributed by atoms with Crippen molar-refractivity contribution in [1.29, 1.82) is 0 Å². The molecule has 0 saturated carbocycles. The summed E-state index contributed by atoms with van der Waals surface area (Å²) in [5, 5.41) is 10.4. The van der Waals surface area contributed by atoms with Crippen molar-refractivity contribution in [2.45, 2.75) is 6.54 Å². The van der Waals surface area contributed by atoms with Crippen LogP contribution >= 0.6 is 0 Å². The molecule has 7 heteroatoms. The number of hydrogen-bond donors (Lipinski definition) is 1. The van der Waals surface area contributed by atoms with Gasteiger partial charge in [-0.2, -0.15) is 0 Å². The number of hydrogen-bond acceptors (Lipinski definition) is 6. The van der Waals surface area contributed by atoms with E-state index in [4.69, 9.17) is 14.2 Å². The van der Waals surface area contributed by atoms with E-state index in [1.165, 1.54) is 24.3 Å². The second-order valence-electron chi connectivity index (χ2n) is 6.66. The highest BCUT2D eigenvalue weighted by Crippen LogP contribution is 2.40. The van der Waals surface area contributed by atoms with Gasteiger partial charge < -0.3 is 19.3 Å². The lowest BCUT2D eigenvalue weighted by Crippen LogP contribution is -2.30. The SMILES string of the molecule is COCCN(CCOC)Cc1c(O)ccc2c1O/C(=C/c1ccccc1F)C2=O. The zero-order valence-electron chi connectivity index (χ0n) is 16.5. The minimum absolute atomic E-state index is 0.0253. The van der Waals surface area contributed by atoms with Gasteiger partial charge in [-0.25, -0.2) is 4.39 Å². The first-order valence-electron chi connectivity index (χ1n) is 9.29. The predicted octanol–water partition coefficient (Wildman–Crippen LogP) is 3.24. The van der Waals surface area contributed by atoms with Crippen LogP contribution in [0, 0.1) is 5.82 Å². The molecule has 2 aromatic rings. The third kappa shape index (κ3) is 4.82. The molecule has 0 saturated heterocycles. The Labute approximate surface area is 169 Å². The summed E-state index contributed by atoms with van der Waals surface area (Å²) in [6, 6.07) is 9.15. The second-order valence-corrected chi connectivity index (χ2v) is 6.66.